The van der Waals surface area contributed by atoms with Crippen LogP contribution in [-0.4, -0.2) is 50.2 Å². The predicted molar refractivity (Wildman–Crippen MR) is 94.6 cm³/mol. The molecule has 0 atom stereocenters. The van der Waals surface area contributed by atoms with Gasteiger partial charge in [-0.1, -0.05) is 17.3 Å². The number of nitrogens with one attached hydrogen (secondary N) is 1. The summed E-state index contributed by atoms with van der Waals surface area (Å²) in [4.78, 5) is 23.3. The van der Waals surface area contributed by atoms with Crippen LogP contribution in [-0.2, 0) is 12.8 Å². The van der Waals surface area contributed by atoms with Crippen molar-refractivity contribution in [3.8, 4) is 0 Å². The third-order valence-electron chi connectivity index (χ3n) is 4.85. The van der Waals surface area contributed by atoms with Crippen molar-refractivity contribution in [2.75, 3.05) is 24.1 Å². The third kappa shape index (κ3) is 3.12. The van der Waals surface area contributed by atoms with Gasteiger partial charge in [0, 0.05) is 31.1 Å². The van der Waals surface area contributed by atoms with E-state index in [-0.39, 0.29) is 17.5 Å². The Hall–Kier alpha value is -2.97. The minimum Gasteiger partial charge on any atom is -0.368 e. The number of carbonyl (C=O) groups is 1. The molecule has 9 heteroatoms. The summed E-state index contributed by atoms with van der Waals surface area (Å²) in [5.41, 5.74) is 8.61. The van der Waals surface area contributed by atoms with Gasteiger partial charge in [0.1, 0.15) is 11.5 Å². The maximum atomic E-state index is 12.7. The summed E-state index contributed by atoms with van der Waals surface area (Å²) in [7, 11) is 0. The van der Waals surface area contributed by atoms with Gasteiger partial charge in [-0.25, -0.2) is 9.61 Å². The van der Waals surface area contributed by atoms with E-state index in [1.165, 1.54) is 0 Å². The fraction of sp³-hybridized carbons (Fsp3) is 0.471. The standard InChI is InChI=1S/C17H21N7O2/c1-10-14(23-26-22-10)16(25)24-8-6-12-13(7-9-24)20-17(18)21-15(12)19-11-4-2-3-5-11/h2-3,11H,4-9H2,1H3,(H3,18,19,20,21). The Bertz CT molecular complexity index is 853. The third-order valence-corrected chi connectivity index (χ3v) is 4.85. The molecule has 136 valence electrons. The Morgan fingerprint density at radius 3 is 2.73 bits per heavy atom. The van der Waals surface area contributed by atoms with Gasteiger partial charge in [-0.2, -0.15) is 4.98 Å². The molecule has 0 bridgehead atoms. The summed E-state index contributed by atoms with van der Waals surface area (Å²) in [6.45, 7) is 2.81. The monoisotopic (exact) mass is 355 g/mol. The van der Waals surface area contributed by atoms with Crippen molar-refractivity contribution in [1.82, 2.24) is 25.2 Å². The number of amides is 1. The molecule has 0 saturated carbocycles. The molecule has 0 fully saturated rings. The molecule has 0 spiro atoms. The average Bonchev–Trinajstić information content (AvgIpc) is 3.22. The molecule has 26 heavy (non-hydrogen) atoms. The van der Waals surface area contributed by atoms with Crippen LogP contribution in [0.2, 0.25) is 0 Å². The molecule has 2 aromatic heterocycles. The summed E-state index contributed by atoms with van der Waals surface area (Å²) in [5.74, 6) is 0.871. The Morgan fingerprint density at radius 1 is 1.23 bits per heavy atom. The van der Waals surface area contributed by atoms with E-state index in [0.29, 0.717) is 37.7 Å². The van der Waals surface area contributed by atoms with Gasteiger partial charge in [-0.3, -0.25) is 4.79 Å². The number of carbonyl (C=O) groups excluding carboxylic acids is 1. The van der Waals surface area contributed by atoms with Crippen molar-refractivity contribution in [2.45, 2.75) is 38.6 Å². The lowest BCUT2D eigenvalue weighted by Gasteiger charge is -2.19. The average molecular weight is 355 g/mol. The van der Waals surface area contributed by atoms with Gasteiger partial charge in [-0.15, -0.1) is 0 Å². The van der Waals surface area contributed by atoms with Gasteiger partial charge >= 0.3 is 0 Å². The number of aromatic nitrogens is 4. The first kappa shape index (κ1) is 16.5. The van der Waals surface area contributed by atoms with E-state index in [1.807, 2.05) is 0 Å². The maximum Gasteiger partial charge on any atom is 0.278 e. The zero-order chi connectivity index (χ0) is 18.1. The van der Waals surface area contributed by atoms with Crippen LogP contribution in [0.4, 0.5) is 11.8 Å². The fourth-order valence-electron chi connectivity index (χ4n) is 3.44. The molecular formula is C17H21N7O2. The predicted octanol–water partition coefficient (Wildman–Crippen LogP) is 1.12. The molecule has 0 saturated heterocycles. The first-order valence-electron chi connectivity index (χ1n) is 8.77. The molecule has 9 nitrogen and oxygen atoms in total. The Labute approximate surface area is 150 Å². The number of fused-ring (bicyclic) bond motifs is 1. The maximum absolute atomic E-state index is 12.7. The topological polar surface area (TPSA) is 123 Å². The molecule has 4 rings (SSSR count). The van der Waals surface area contributed by atoms with Crippen molar-refractivity contribution in [2.24, 2.45) is 0 Å². The van der Waals surface area contributed by atoms with E-state index >= 15 is 0 Å². The first-order chi connectivity index (χ1) is 12.6. The number of hydrogen-bond acceptors (Lipinski definition) is 8. The van der Waals surface area contributed by atoms with Gasteiger partial charge in [-0.05, 0) is 31.3 Å². The number of anilines is 2. The summed E-state index contributed by atoms with van der Waals surface area (Å²) in [5, 5.41) is 10.9. The minimum absolute atomic E-state index is 0.174. The SMILES string of the molecule is Cc1nonc1C(=O)N1CCc2nc(N)nc(NC3CC=CC3)c2CC1. The normalized spacial score (nSPS) is 17.2. The van der Waals surface area contributed by atoms with Crippen LogP contribution in [0.15, 0.2) is 16.8 Å². The lowest BCUT2D eigenvalue weighted by Crippen LogP contribution is -2.34. The molecule has 0 radical (unpaired) electrons. The van der Waals surface area contributed by atoms with Crippen LogP contribution in [0.3, 0.4) is 0 Å². The second-order valence-corrected chi connectivity index (χ2v) is 6.63. The minimum atomic E-state index is -0.174. The molecule has 2 aromatic rings. The Morgan fingerprint density at radius 2 is 2.00 bits per heavy atom. The van der Waals surface area contributed by atoms with Crippen LogP contribution in [0.25, 0.3) is 0 Å². The van der Waals surface area contributed by atoms with Gasteiger partial charge in [0.15, 0.2) is 5.69 Å². The zero-order valence-corrected chi connectivity index (χ0v) is 14.6. The zero-order valence-electron chi connectivity index (χ0n) is 14.6. The van der Waals surface area contributed by atoms with Crippen molar-refractivity contribution >= 4 is 17.7 Å². The number of nitrogens with zero attached hydrogens (tertiary/aromatic N) is 5. The van der Waals surface area contributed by atoms with Crippen LogP contribution in [0.5, 0.6) is 0 Å². The van der Waals surface area contributed by atoms with E-state index in [9.17, 15) is 4.79 Å². The van der Waals surface area contributed by atoms with E-state index in [1.54, 1.807) is 11.8 Å². The Balaban J connectivity index is 1.55. The molecule has 0 aromatic carbocycles. The summed E-state index contributed by atoms with van der Waals surface area (Å²) in [6, 6.07) is 0.332. The lowest BCUT2D eigenvalue weighted by atomic mass is 10.1. The highest BCUT2D eigenvalue weighted by Gasteiger charge is 2.27. The quantitative estimate of drug-likeness (QED) is 0.785. The van der Waals surface area contributed by atoms with Crippen LogP contribution in [0.1, 0.15) is 40.3 Å². The molecular weight excluding hydrogens is 334 g/mol. The van der Waals surface area contributed by atoms with Crippen molar-refractivity contribution < 1.29 is 9.42 Å². The smallest absolute Gasteiger partial charge is 0.278 e. The fourth-order valence-corrected chi connectivity index (χ4v) is 3.44. The number of rotatable bonds is 3. The highest BCUT2D eigenvalue weighted by atomic mass is 16.6. The molecule has 3 heterocycles. The summed E-state index contributed by atoms with van der Waals surface area (Å²) in [6.07, 6.45) is 7.55. The van der Waals surface area contributed by atoms with Gasteiger partial charge in [0.05, 0.1) is 5.69 Å². The highest BCUT2D eigenvalue weighted by Crippen LogP contribution is 2.25. The van der Waals surface area contributed by atoms with Crippen LogP contribution < -0.4 is 11.1 Å². The van der Waals surface area contributed by atoms with Crippen LogP contribution in [0, 0.1) is 6.92 Å². The first-order valence-corrected chi connectivity index (χ1v) is 8.77. The number of hydrogen-bond donors (Lipinski definition) is 2. The lowest BCUT2D eigenvalue weighted by molar-refractivity contribution is 0.0751. The summed E-state index contributed by atoms with van der Waals surface area (Å²) >= 11 is 0. The van der Waals surface area contributed by atoms with E-state index < -0.39 is 0 Å². The van der Waals surface area contributed by atoms with Crippen molar-refractivity contribution in [3.05, 3.63) is 34.8 Å². The highest BCUT2D eigenvalue weighted by molar-refractivity contribution is 5.93. The molecule has 3 N–H and O–H groups in total. The molecule has 2 aliphatic rings. The summed E-state index contributed by atoms with van der Waals surface area (Å²) < 4.78 is 4.66. The largest absolute Gasteiger partial charge is 0.368 e. The van der Waals surface area contributed by atoms with E-state index in [2.05, 4.69) is 42.4 Å². The van der Waals surface area contributed by atoms with Crippen LogP contribution >= 0.6 is 0 Å². The second-order valence-electron chi connectivity index (χ2n) is 6.63. The van der Waals surface area contributed by atoms with Gasteiger partial charge in [0.25, 0.3) is 5.91 Å². The molecule has 1 aliphatic heterocycles. The Kier molecular flexibility index (Phi) is 4.27. The van der Waals surface area contributed by atoms with E-state index in [4.69, 9.17) is 5.73 Å². The van der Waals surface area contributed by atoms with Crippen molar-refractivity contribution in [1.29, 1.82) is 0 Å². The number of nitrogens with two attached hydrogens (primary N) is 1. The van der Waals surface area contributed by atoms with Gasteiger partial charge in [0.2, 0.25) is 5.95 Å². The second kappa shape index (κ2) is 6.74. The number of nitrogen functional groups attached to an aromatic ring is 1. The van der Waals surface area contributed by atoms with E-state index in [0.717, 1.165) is 29.9 Å². The molecule has 1 amide bonds. The van der Waals surface area contributed by atoms with Crippen molar-refractivity contribution in [3.63, 3.8) is 0 Å². The molecule has 1 aliphatic carbocycles. The molecule has 0 unspecified atom stereocenters. The number of aryl methyl sites for hydroxylation is 1. The van der Waals surface area contributed by atoms with Gasteiger partial charge < -0.3 is 16.0 Å².